The van der Waals surface area contributed by atoms with Crippen molar-refractivity contribution in [2.75, 3.05) is 51.3 Å². The first-order valence-corrected chi connectivity index (χ1v) is 10.6. The molecular formula is C21H27N3O2S. The molecule has 0 radical (unpaired) electrons. The highest BCUT2D eigenvalue weighted by atomic mass is 32.1. The Balaban J connectivity index is 1.33. The van der Waals surface area contributed by atoms with Crippen molar-refractivity contribution in [3.05, 3.63) is 46.7 Å². The van der Waals surface area contributed by atoms with Crippen LogP contribution in [0.4, 0.5) is 5.69 Å². The molecule has 2 aliphatic heterocycles. The molecule has 4 rings (SSSR count). The predicted molar refractivity (Wildman–Crippen MR) is 110 cm³/mol. The molecule has 3 heterocycles. The number of rotatable bonds is 5. The molecule has 0 aliphatic carbocycles. The van der Waals surface area contributed by atoms with Gasteiger partial charge in [-0.25, -0.2) is 0 Å². The van der Waals surface area contributed by atoms with Gasteiger partial charge in [-0.05, 0) is 43.0 Å². The third-order valence-electron chi connectivity index (χ3n) is 5.63. The van der Waals surface area contributed by atoms with Gasteiger partial charge in [-0.2, -0.15) is 0 Å². The Morgan fingerprint density at radius 2 is 1.93 bits per heavy atom. The van der Waals surface area contributed by atoms with Gasteiger partial charge in [0, 0.05) is 37.1 Å². The van der Waals surface area contributed by atoms with Crippen LogP contribution in [-0.4, -0.2) is 62.1 Å². The monoisotopic (exact) mass is 385 g/mol. The fraction of sp³-hybridized carbons (Fsp3) is 0.476. The normalized spacial score (nSPS) is 20.9. The molecule has 2 saturated heterocycles. The van der Waals surface area contributed by atoms with E-state index in [1.54, 1.807) is 18.4 Å². The number of nitrogens with zero attached hydrogens (tertiary/aromatic N) is 3. The van der Waals surface area contributed by atoms with Crippen LogP contribution in [0.2, 0.25) is 0 Å². The van der Waals surface area contributed by atoms with E-state index in [1.165, 1.54) is 11.3 Å². The maximum absolute atomic E-state index is 12.9. The topological polar surface area (TPSA) is 36.0 Å². The van der Waals surface area contributed by atoms with Crippen molar-refractivity contribution < 1.29 is 9.53 Å². The van der Waals surface area contributed by atoms with E-state index in [1.807, 2.05) is 23.1 Å². The minimum atomic E-state index is 0.262. The Morgan fingerprint density at radius 1 is 1.11 bits per heavy atom. The number of hydrogen-bond acceptors (Lipinski definition) is 5. The van der Waals surface area contributed by atoms with Crippen molar-refractivity contribution in [2.24, 2.45) is 0 Å². The summed E-state index contributed by atoms with van der Waals surface area (Å²) in [4.78, 5) is 21.0. The Kier molecular flexibility index (Phi) is 5.64. The van der Waals surface area contributed by atoms with E-state index >= 15 is 0 Å². The molecule has 0 saturated carbocycles. The first-order chi connectivity index (χ1) is 13.3. The summed E-state index contributed by atoms with van der Waals surface area (Å²) in [6.07, 6.45) is 2.34. The fourth-order valence-corrected chi connectivity index (χ4v) is 5.08. The maximum Gasteiger partial charge on any atom is 0.236 e. The van der Waals surface area contributed by atoms with E-state index in [4.69, 9.17) is 4.74 Å². The van der Waals surface area contributed by atoms with E-state index in [2.05, 4.69) is 33.4 Å². The van der Waals surface area contributed by atoms with Crippen LogP contribution < -0.4 is 9.64 Å². The number of ether oxygens (including phenoxy) is 1. The van der Waals surface area contributed by atoms with E-state index in [0.717, 1.165) is 50.6 Å². The van der Waals surface area contributed by atoms with E-state index in [0.29, 0.717) is 12.6 Å². The molecule has 2 fully saturated rings. The minimum Gasteiger partial charge on any atom is -0.495 e. The lowest BCUT2D eigenvalue weighted by atomic mass is 10.2. The van der Waals surface area contributed by atoms with E-state index in [-0.39, 0.29) is 5.91 Å². The van der Waals surface area contributed by atoms with Crippen molar-refractivity contribution in [1.82, 2.24) is 9.80 Å². The van der Waals surface area contributed by atoms with Gasteiger partial charge < -0.3 is 14.5 Å². The van der Waals surface area contributed by atoms with Crippen molar-refractivity contribution in [3.8, 4) is 5.75 Å². The number of carbonyl (C=O) groups is 1. The van der Waals surface area contributed by atoms with Crippen LogP contribution in [0.1, 0.15) is 23.8 Å². The van der Waals surface area contributed by atoms with Crippen LogP contribution in [0.15, 0.2) is 41.8 Å². The largest absolute Gasteiger partial charge is 0.495 e. The van der Waals surface area contributed by atoms with Crippen molar-refractivity contribution in [3.63, 3.8) is 0 Å². The van der Waals surface area contributed by atoms with Gasteiger partial charge in [0.25, 0.3) is 0 Å². The smallest absolute Gasteiger partial charge is 0.236 e. The van der Waals surface area contributed by atoms with E-state index in [9.17, 15) is 4.79 Å². The average Bonchev–Trinajstić information content (AvgIpc) is 3.39. The second-order valence-corrected chi connectivity index (χ2v) is 8.16. The third kappa shape index (κ3) is 3.96. The molecule has 144 valence electrons. The van der Waals surface area contributed by atoms with Gasteiger partial charge in [-0.3, -0.25) is 9.69 Å². The highest BCUT2D eigenvalue weighted by Crippen LogP contribution is 2.34. The van der Waals surface area contributed by atoms with Crippen LogP contribution in [0.3, 0.4) is 0 Å². The molecule has 2 aromatic rings. The Bertz CT molecular complexity index is 757. The minimum absolute atomic E-state index is 0.262. The van der Waals surface area contributed by atoms with Gasteiger partial charge in [0.05, 0.1) is 19.3 Å². The van der Waals surface area contributed by atoms with Gasteiger partial charge in [0.2, 0.25) is 5.91 Å². The average molecular weight is 386 g/mol. The van der Waals surface area contributed by atoms with Gasteiger partial charge in [0.15, 0.2) is 0 Å². The lowest BCUT2D eigenvalue weighted by molar-refractivity contribution is -0.132. The summed E-state index contributed by atoms with van der Waals surface area (Å²) in [6.45, 7) is 4.80. The number of thiophene rings is 1. The lowest BCUT2D eigenvalue weighted by Crippen LogP contribution is -2.51. The molecular weight excluding hydrogens is 358 g/mol. The zero-order chi connectivity index (χ0) is 18.6. The molecule has 0 bridgehead atoms. The van der Waals surface area contributed by atoms with Gasteiger partial charge >= 0.3 is 0 Å². The van der Waals surface area contributed by atoms with Gasteiger partial charge in [-0.15, -0.1) is 11.3 Å². The van der Waals surface area contributed by atoms with Crippen molar-refractivity contribution in [1.29, 1.82) is 0 Å². The Morgan fingerprint density at radius 3 is 2.67 bits per heavy atom. The zero-order valence-electron chi connectivity index (χ0n) is 15.8. The third-order valence-corrected chi connectivity index (χ3v) is 6.61. The van der Waals surface area contributed by atoms with Crippen molar-refractivity contribution in [2.45, 2.75) is 18.9 Å². The molecule has 1 amide bonds. The Labute approximate surface area is 165 Å². The van der Waals surface area contributed by atoms with Crippen molar-refractivity contribution >= 4 is 22.9 Å². The second-order valence-electron chi connectivity index (χ2n) is 7.18. The summed E-state index contributed by atoms with van der Waals surface area (Å²) < 4.78 is 5.48. The van der Waals surface area contributed by atoms with Crippen LogP contribution in [-0.2, 0) is 4.79 Å². The molecule has 1 aromatic carbocycles. The molecule has 5 nitrogen and oxygen atoms in total. The number of methoxy groups -OCH3 is 1. The first kappa shape index (κ1) is 18.3. The molecule has 0 unspecified atom stereocenters. The summed E-state index contributed by atoms with van der Waals surface area (Å²) >= 11 is 1.80. The Hall–Kier alpha value is -2.05. The SMILES string of the molecule is COc1ccccc1N1CCN(C(=O)CN2CCC[C@H]2c2cccs2)CC1. The summed E-state index contributed by atoms with van der Waals surface area (Å²) in [7, 11) is 1.71. The lowest BCUT2D eigenvalue weighted by Gasteiger charge is -2.37. The number of anilines is 1. The summed E-state index contributed by atoms with van der Waals surface area (Å²) in [5.74, 6) is 1.16. The molecule has 27 heavy (non-hydrogen) atoms. The molecule has 0 N–H and O–H groups in total. The van der Waals surface area contributed by atoms with Crippen LogP contribution in [0.5, 0.6) is 5.75 Å². The second kappa shape index (κ2) is 8.31. The van der Waals surface area contributed by atoms with Gasteiger partial charge in [-0.1, -0.05) is 18.2 Å². The standard InChI is InChI=1S/C21H27N3O2S/c1-26-19-8-3-2-6-17(19)22-11-13-23(14-12-22)21(25)16-24-10-4-7-18(24)20-9-5-15-27-20/h2-3,5-6,8-9,15,18H,4,7,10-14,16H2,1H3/t18-/m0/s1. The van der Waals surface area contributed by atoms with Crippen LogP contribution >= 0.6 is 11.3 Å². The van der Waals surface area contributed by atoms with Crippen LogP contribution in [0.25, 0.3) is 0 Å². The highest BCUT2D eigenvalue weighted by Gasteiger charge is 2.30. The van der Waals surface area contributed by atoms with Gasteiger partial charge in [0.1, 0.15) is 5.75 Å². The zero-order valence-corrected chi connectivity index (χ0v) is 16.7. The predicted octanol–water partition coefficient (Wildman–Crippen LogP) is 3.24. The molecule has 1 atom stereocenters. The molecule has 1 aromatic heterocycles. The molecule has 0 spiro atoms. The number of piperazine rings is 1. The summed E-state index contributed by atoms with van der Waals surface area (Å²) in [6, 6.07) is 12.8. The number of benzene rings is 1. The number of likely N-dealkylation sites (tertiary alicyclic amines) is 1. The summed E-state index contributed by atoms with van der Waals surface area (Å²) in [5, 5.41) is 2.13. The van der Waals surface area contributed by atoms with Crippen LogP contribution in [0, 0.1) is 0 Å². The molecule has 2 aliphatic rings. The summed E-state index contributed by atoms with van der Waals surface area (Å²) in [5.41, 5.74) is 1.12. The number of hydrogen-bond donors (Lipinski definition) is 0. The maximum atomic E-state index is 12.9. The fourth-order valence-electron chi connectivity index (χ4n) is 4.18. The highest BCUT2D eigenvalue weighted by molar-refractivity contribution is 7.10. The number of para-hydroxylation sites is 2. The first-order valence-electron chi connectivity index (χ1n) is 9.69. The molecule has 6 heteroatoms. The van der Waals surface area contributed by atoms with E-state index < -0.39 is 0 Å². The quantitative estimate of drug-likeness (QED) is 0.792. The number of amides is 1. The number of carbonyl (C=O) groups excluding carboxylic acids is 1.